The van der Waals surface area contributed by atoms with Gasteiger partial charge in [0.2, 0.25) is 0 Å². The van der Waals surface area contributed by atoms with Crippen molar-refractivity contribution in [1.29, 1.82) is 0 Å². The van der Waals surface area contributed by atoms with E-state index in [0.717, 1.165) is 5.56 Å². The molecule has 4 heteroatoms. The summed E-state index contributed by atoms with van der Waals surface area (Å²) in [5.74, 6) is -0.528. The standard InChI is InChI=1S/C16H17F2NO/c1-10-7-8-12(17)15(16(10)18)13(19)9-11-5-3-4-6-14(11)20-2/h3-8,13H,9,19H2,1-2H3. The van der Waals surface area contributed by atoms with Crippen LogP contribution in [0.25, 0.3) is 0 Å². The van der Waals surface area contributed by atoms with E-state index in [9.17, 15) is 8.78 Å². The molecule has 0 saturated heterocycles. The molecule has 0 spiro atoms. The molecule has 1 atom stereocenters. The Balaban J connectivity index is 2.33. The van der Waals surface area contributed by atoms with Crippen molar-refractivity contribution in [3.63, 3.8) is 0 Å². The topological polar surface area (TPSA) is 35.2 Å². The Morgan fingerprint density at radius 1 is 1.15 bits per heavy atom. The number of nitrogens with two attached hydrogens (primary N) is 1. The maximum atomic E-state index is 14.0. The van der Waals surface area contributed by atoms with Gasteiger partial charge in [0.05, 0.1) is 7.11 Å². The summed E-state index contributed by atoms with van der Waals surface area (Å²) >= 11 is 0. The van der Waals surface area contributed by atoms with Crippen LogP contribution in [0.15, 0.2) is 36.4 Å². The van der Waals surface area contributed by atoms with E-state index >= 15 is 0 Å². The minimum atomic E-state index is -0.758. The maximum Gasteiger partial charge on any atom is 0.133 e. The summed E-state index contributed by atoms with van der Waals surface area (Å²) in [5.41, 5.74) is 7.12. The molecule has 0 heterocycles. The van der Waals surface area contributed by atoms with E-state index < -0.39 is 17.7 Å². The Morgan fingerprint density at radius 2 is 1.85 bits per heavy atom. The predicted molar refractivity (Wildman–Crippen MR) is 74.7 cm³/mol. The quantitative estimate of drug-likeness (QED) is 0.928. The van der Waals surface area contributed by atoms with Crippen LogP contribution in [0.5, 0.6) is 5.75 Å². The molecule has 0 aliphatic rings. The van der Waals surface area contributed by atoms with Gasteiger partial charge < -0.3 is 10.5 Å². The lowest BCUT2D eigenvalue weighted by molar-refractivity contribution is 0.407. The lowest BCUT2D eigenvalue weighted by Crippen LogP contribution is -2.18. The molecule has 0 aliphatic carbocycles. The van der Waals surface area contributed by atoms with Crippen molar-refractivity contribution in [2.45, 2.75) is 19.4 Å². The second kappa shape index (κ2) is 6.01. The number of hydrogen-bond acceptors (Lipinski definition) is 2. The zero-order chi connectivity index (χ0) is 14.7. The highest BCUT2D eigenvalue weighted by atomic mass is 19.1. The van der Waals surface area contributed by atoms with Gasteiger partial charge in [0.25, 0.3) is 0 Å². The van der Waals surface area contributed by atoms with E-state index in [4.69, 9.17) is 10.5 Å². The smallest absolute Gasteiger partial charge is 0.133 e. The third-order valence-corrected chi connectivity index (χ3v) is 3.32. The molecule has 0 aliphatic heterocycles. The van der Waals surface area contributed by atoms with Crippen LogP contribution in [0.3, 0.4) is 0 Å². The van der Waals surface area contributed by atoms with Gasteiger partial charge in [-0.25, -0.2) is 8.78 Å². The third-order valence-electron chi connectivity index (χ3n) is 3.32. The van der Waals surface area contributed by atoms with Gasteiger partial charge in [0, 0.05) is 11.6 Å². The van der Waals surface area contributed by atoms with E-state index in [2.05, 4.69) is 0 Å². The first kappa shape index (κ1) is 14.5. The molecule has 20 heavy (non-hydrogen) atoms. The van der Waals surface area contributed by atoms with E-state index in [1.54, 1.807) is 20.1 Å². The second-order valence-electron chi connectivity index (χ2n) is 4.71. The van der Waals surface area contributed by atoms with Crippen molar-refractivity contribution in [3.05, 3.63) is 64.7 Å². The highest BCUT2D eigenvalue weighted by molar-refractivity contribution is 5.36. The maximum absolute atomic E-state index is 14.0. The van der Waals surface area contributed by atoms with E-state index in [1.807, 2.05) is 18.2 Å². The van der Waals surface area contributed by atoms with Crippen LogP contribution in [0, 0.1) is 18.6 Å². The highest BCUT2D eigenvalue weighted by Gasteiger charge is 2.19. The lowest BCUT2D eigenvalue weighted by Gasteiger charge is -2.17. The summed E-state index contributed by atoms with van der Waals surface area (Å²) in [7, 11) is 1.55. The van der Waals surface area contributed by atoms with Gasteiger partial charge in [-0.3, -0.25) is 0 Å². The minimum absolute atomic E-state index is 0.0732. The number of aryl methyl sites for hydroxylation is 1. The number of benzene rings is 2. The molecule has 2 nitrogen and oxygen atoms in total. The molecule has 1 unspecified atom stereocenters. The van der Waals surface area contributed by atoms with Crippen LogP contribution in [-0.4, -0.2) is 7.11 Å². The molecule has 0 fully saturated rings. The zero-order valence-corrected chi connectivity index (χ0v) is 11.5. The fourth-order valence-electron chi connectivity index (χ4n) is 2.23. The molecular weight excluding hydrogens is 260 g/mol. The van der Waals surface area contributed by atoms with Crippen molar-refractivity contribution in [1.82, 2.24) is 0 Å². The van der Waals surface area contributed by atoms with Crippen molar-refractivity contribution in [2.75, 3.05) is 7.11 Å². The second-order valence-corrected chi connectivity index (χ2v) is 4.71. The molecule has 0 saturated carbocycles. The molecule has 106 valence electrons. The van der Waals surface area contributed by atoms with Crippen LogP contribution in [0.4, 0.5) is 8.78 Å². The average Bonchev–Trinajstić information content (AvgIpc) is 2.44. The lowest BCUT2D eigenvalue weighted by atomic mass is 9.96. The number of rotatable bonds is 4. The van der Waals surface area contributed by atoms with Gasteiger partial charge in [-0.05, 0) is 36.6 Å². The van der Waals surface area contributed by atoms with Crippen LogP contribution in [0.1, 0.15) is 22.7 Å². The molecular formula is C16H17F2NO. The summed E-state index contributed by atoms with van der Waals surface area (Å²) in [6.07, 6.45) is 0.307. The van der Waals surface area contributed by atoms with Gasteiger partial charge in [-0.15, -0.1) is 0 Å². The normalized spacial score (nSPS) is 12.2. The Labute approximate surface area is 117 Å². The number of halogens is 2. The Kier molecular flexibility index (Phi) is 4.35. The van der Waals surface area contributed by atoms with Crippen LogP contribution in [-0.2, 0) is 6.42 Å². The molecule has 0 aromatic heterocycles. The Morgan fingerprint density at radius 3 is 2.55 bits per heavy atom. The summed E-state index contributed by atoms with van der Waals surface area (Å²) < 4.78 is 33.1. The van der Waals surface area contributed by atoms with Crippen molar-refractivity contribution >= 4 is 0 Å². The fraction of sp³-hybridized carbons (Fsp3) is 0.250. The average molecular weight is 277 g/mol. The number of methoxy groups -OCH3 is 1. The third kappa shape index (κ3) is 2.80. The van der Waals surface area contributed by atoms with Crippen LogP contribution in [0.2, 0.25) is 0 Å². The van der Waals surface area contributed by atoms with E-state index in [1.165, 1.54) is 12.1 Å². The van der Waals surface area contributed by atoms with E-state index in [0.29, 0.717) is 17.7 Å². The van der Waals surface area contributed by atoms with Gasteiger partial charge in [-0.1, -0.05) is 24.3 Å². The van der Waals surface area contributed by atoms with Crippen molar-refractivity contribution in [2.24, 2.45) is 5.73 Å². The molecule has 0 radical (unpaired) electrons. The summed E-state index contributed by atoms with van der Waals surface area (Å²) in [4.78, 5) is 0. The van der Waals surface area contributed by atoms with Crippen LogP contribution >= 0.6 is 0 Å². The van der Waals surface area contributed by atoms with Gasteiger partial charge in [0.1, 0.15) is 17.4 Å². The van der Waals surface area contributed by atoms with Crippen molar-refractivity contribution in [3.8, 4) is 5.75 Å². The Hall–Kier alpha value is -1.94. The monoisotopic (exact) mass is 277 g/mol. The van der Waals surface area contributed by atoms with E-state index in [-0.39, 0.29) is 5.56 Å². The molecule has 2 aromatic rings. The molecule has 2 aromatic carbocycles. The SMILES string of the molecule is COc1ccccc1CC(N)c1c(F)ccc(C)c1F. The first-order chi connectivity index (χ1) is 9.54. The zero-order valence-electron chi connectivity index (χ0n) is 11.5. The summed E-state index contributed by atoms with van der Waals surface area (Å²) in [5, 5.41) is 0. The summed E-state index contributed by atoms with van der Waals surface area (Å²) in [6, 6.07) is 9.20. The molecule has 0 amide bonds. The van der Waals surface area contributed by atoms with Gasteiger partial charge >= 0.3 is 0 Å². The fourth-order valence-corrected chi connectivity index (χ4v) is 2.23. The first-order valence-corrected chi connectivity index (χ1v) is 6.36. The summed E-state index contributed by atoms with van der Waals surface area (Å²) in [6.45, 7) is 1.59. The number of para-hydroxylation sites is 1. The largest absolute Gasteiger partial charge is 0.496 e. The molecule has 0 bridgehead atoms. The highest BCUT2D eigenvalue weighted by Crippen LogP contribution is 2.27. The van der Waals surface area contributed by atoms with Crippen molar-refractivity contribution < 1.29 is 13.5 Å². The first-order valence-electron chi connectivity index (χ1n) is 6.36. The van der Waals surface area contributed by atoms with Gasteiger partial charge in [-0.2, -0.15) is 0 Å². The number of hydrogen-bond donors (Lipinski definition) is 1. The molecule has 2 rings (SSSR count). The minimum Gasteiger partial charge on any atom is -0.496 e. The Bertz CT molecular complexity index is 613. The molecule has 2 N–H and O–H groups in total. The van der Waals surface area contributed by atoms with Crippen LogP contribution < -0.4 is 10.5 Å². The number of ether oxygens (including phenoxy) is 1. The van der Waals surface area contributed by atoms with Gasteiger partial charge in [0.15, 0.2) is 0 Å². The predicted octanol–water partition coefficient (Wildman–Crippen LogP) is 3.52.